The van der Waals surface area contributed by atoms with E-state index in [4.69, 9.17) is 5.11 Å². The SMILES string of the molecule is O=C(O)c1ccc2c(c1)N=C1CCCC[C@@H]1C2=O. The maximum atomic E-state index is 12.3. The summed E-state index contributed by atoms with van der Waals surface area (Å²) in [5.41, 5.74) is 2.20. The molecule has 1 atom stereocenters. The van der Waals surface area contributed by atoms with E-state index in [0.717, 1.165) is 31.4 Å². The first-order valence-electron chi connectivity index (χ1n) is 6.16. The van der Waals surface area contributed by atoms with E-state index in [1.54, 1.807) is 6.07 Å². The van der Waals surface area contributed by atoms with E-state index >= 15 is 0 Å². The molecule has 3 rings (SSSR count). The number of carbonyl (C=O) groups is 2. The second-order valence-corrected chi connectivity index (χ2v) is 4.80. The van der Waals surface area contributed by atoms with E-state index in [2.05, 4.69) is 4.99 Å². The van der Waals surface area contributed by atoms with Crippen molar-refractivity contribution in [2.45, 2.75) is 25.7 Å². The van der Waals surface area contributed by atoms with Gasteiger partial charge >= 0.3 is 5.97 Å². The fourth-order valence-corrected chi connectivity index (χ4v) is 2.72. The van der Waals surface area contributed by atoms with E-state index in [1.807, 2.05) is 0 Å². The molecular weight excluding hydrogens is 230 g/mol. The summed E-state index contributed by atoms with van der Waals surface area (Å²) in [6.45, 7) is 0. The number of carbonyl (C=O) groups excluding carboxylic acids is 1. The molecule has 1 heterocycles. The maximum absolute atomic E-state index is 12.3. The van der Waals surface area contributed by atoms with Gasteiger partial charge in [-0.2, -0.15) is 0 Å². The summed E-state index contributed by atoms with van der Waals surface area (Å²) in [5.74, 6) is -0.954. The van der Waals surface area contributed by atoms with E-state index in [9.17, 15) is 9.59 Å². The molecule has 0 spiro atoms. The van der Waals surface area contributed by atoms with Crippen LogP contribution in [0.2, 0.25) is 0 Å². The number of nitrogens with zero attached hydrogens (tertiary/aromatic N) is 1. The van der Waals surface area contributed by atoms with E-state index in [1.165, 1.54) is 12.1 Å². The molecule has 0 amide bonds. The lowest BCUT2D eigenvalue weighted by Crippen LogP contribution is -2.30. The monoisotopic (exact) mass is 243 g/mol. The number of Topliss-reactive ketones (excluding diaryl/α,β-unsaturated/α-hetero) is 1. The normalized spacial score (nSPS) is 21.9. The van der Waals surface area contributed by atoms with Crippen LogP contribution in [0.5, 0.6) is 0 Å². The van der Waals surface area contributed by atoms with Crippen molar-refractivity contribution in [3.63, 3.8) is 0 Å². The van der Waals surface area contributed by atoms with Crippen molar-refractivity contribution >= 4 is 23.2 Å². The van der Waals surface area contributed by atoms with Gasteiger partial charge in [-0.15, -0.1) is 0 Å². The summed E-state index contributed by atoms with van der Waals surface area (Å²) in [4.78, 5) is 27.7. The molecule has 1 aliphatic carbocycles. The standard InChI is InChI=1S/C14H13NO3/c16-13-9-3-1-2-4-11(9)15-12-7-8(14(17)18)5-6-10(12)13/h5-7,9H,1-4H2,(H,17,18)/t9-/m0/s1. The molecule has 92 valence electrons. The van der Waals surface area contributed by atoms with Gasteiger partial charge < -0.3 is 5.11 Å². The highest BCUT2D eigenvalue weighted by atomic mass is 16.4. The minimum atomic E-state index is -0.990. The molecule has 1 aromatic carbocycles. The Morgan fingerprint density at radius 3 is 2.94 bits per heavy atom. The van der Waals surface area contributed by atoms with Gasteiger partial charge in [-0.05, 0) is 37.5 Å². The molecule has 0 bridgehead atoms. The molecule has 1 aliphatic heterocycles. The van der Waals surface area contributed by atoms with Crippen molar-refractivity contribution in [2.75, 3.05) is 0 Å². The molecule has 4 nitrogen and oxygen atoms in total. The smallest absolute Gasteiger partial charge is 0.335 e. The van der Waals surface area contributed by atoms with Crippen LogP contribution in [0, 0.1) is 5.92 Å². The van der Waals surface area contributed by atoms with Crippen molar-refractivity contribution in [1.29, 1.82) is 0 Å². The zero-order chi connectivity index (χ0) is 12.7. The minimum Gasteiger partial charge on any atom is -0.478 e. The highest BCUT2D eigenvalue weighted by molar-refractivity contribution is 6.18. The van der Waals surface area contributed by atoms with Gasteiger partial charge in [-0.25, -0.2) is 4.79 Å². The number of aromatic carboxylic acids is 1. The first-order valence-corrected chi connectivity index (χ1v) is 6.16. The van der Waals surface area contributed by atoms with Crippen LogP contribution in [0.15, 0.2) is 23.2 Å². The highest BCUT2D eigenvalue weighted by Crippen LogP contribution is 2.35. The lowest BCUT2D eigenvalue weighted by atomic mass is 9.79. The highest BCUT2D eigenvalue weighted by Gasteiger charge is 2.33. The summed E-state index contributed by atoms with van der Waals surface area (Å²) < 4.78 is 0. The average molecular weight is 243 g/mol. The fourth-order valence-electron chi connectivity index (χ4n) is 2.72. The van der Waals surface area contributed by atoms with Gasteiger partial charge in [0, 0.05) is 11.3 Å². The zero-order valence-electron chi connectivity index (χ0n) is 9.85. The van der Waals surface area contributed by atoms with Crippen molar-refractivity contribution < 1.29 is 14.7 Å². The van der Waals surface area contributed by atoms with Gasteiger partial charge in [0.15, 0.2) is 5.78 Å². The predicted molar refractivity (Wildman–Crippen MR) is 66.8 cm³/mol. The van der Waals surface area contributed by atoms with Crippen LogP contribution in [0.4, 0.5) is 5.69 Å². The zero-order valence-corrected chi connectivity index (χ0v) is 9.85. The summed E-state index contributed by atoms with van der Waals surface area (Å²) >= 11 is 0. The minimum absolute atomic E-state index is 0.0677. The summed E-state index contributed by atoms with van der Waals surface area (Å²) in [6.07, 6.45) is 3.86. The van der Waals surface area contributed by atoms with Gasteiger partial charge in [0.1, 0.15) is 0 Å². The number of hydrogen-bond acceptors (Lipinski definition) is 3. The summed E-state index contributed by atoms with van der Waals surface area (Å²) in [6, 6.07) is 4.56. The lowest BCUT2D eigenvalue weighted by Gasteiger charge is -2.27. The number of ketones is 1. The number of aliphatic imine (C=N–C) groups is 1. The molecule has 0 saturated heterocycles. The fraction of sp³-hybridized carbons (Fsp3) is 0.357. The third-order valence-electron chi connectivity index (χ3n) is 3.67. The quantitative estimate of drug-likeness (QED) is 0.824. The Bertz CT molecular complexity index is 574. The number of fused-ring (bicyclic) bond motifs is 2. The second kappa shape index (κ2) is 4.05. The number of benzene rings is 1. The topological polar surface area (TPSA) is 66.7 Å². The van der Waals surface area contributed by atoms with Crippen LogP contribution < -0.4 is 0 Å². The second-order valence-electron chi connectivity index (χ2n) is 4.80. The molecule has 4 heteroatoms. The van der Waals surface area contributed by atoms with Gasteiger partial charge in [0.2, 0.25) is 0 Å². The molecular formula is C14H13NO3. The Balaban J connectivity index is 2.11. The number of rotatable bonds is 1. The van der Waals surface area contributed by atoms with Crippen LogP contribution in [-0.4, -0.2) is 22.6 Å². The lowest BCUT2D eigenvalue weighted by molar-refractivity contribution is 0.0696. The molecule has 0 radical (unpaired) electrons. The van der Waals surface area contributed by atoms with Crippen molar-refractivity contribution in [2.24, 2.45) is 10.9 Å². The van der Waals surface area contributed by atoms with Crippen molar-refractivity contribution in [3.8, 4) is 0 Å². The number of carboxylic acid groups (broad SMARTS) is 1. The summed E-state index contributed by atoms with van der Waals surface area (Å²) in [7, 11) is 0. The Kier molecular flexibility index (Phi) is 2.51. The molecule has 1 fully saturated rings. The molecule has 1 aromatic rings. The molecule has 1 saturated carbocycles. The average Bonchev–Trinajstić information content (AvgIpc) is 2.38. The maximum Gasteiger partial charge on any atom is 0.335 e. The van der Waals surface area contributed by atoms with Crippen molar-refractivity contribution in [1.82, 2.24) is 0 Å². The van der Waals surface area contributed by atoms with E-state index in [0.29, 0.717) is 11.3 Å². The van der Waals surface area contributed by atoms with Gasteiger partial charge in [0.05, 0.1) is 17.2 Å². The van der Waals surface area contributed by atoms with Crippen LogP contribution in [0.3, 0.4) is 0 Å². The number of carboxylic acids is 1. The molecule has 0 aromatic heterocycles. The van der Waals surface area contributed by atoms with Crippen molar-refractivity contribution in [3.05, 3.63) is 29.3 Å². The third kappa shape index (κ3) is 1.65. The molecule has 18 heavy (non-hydrogen) atoms. The molecule has 0 unspecified atom stereocenters. The Labute approximate surface area is 104 Å². The largest absolute Gasteiger partial charge is 0.478 e. The van der Waals surface area contributed by atoms with Crippen LogP contribution >= 0.6 is 0 Å². The molecule has 1 N–H and O–H groups in total. The van der Waals surface area contributed by atoms with E-state index < -0.39 is 5.97 Å². The first kappa shape index (κ1) is 11.1. The van der Waals surface area contributed by atoms with E-state index in [-0.39, 0.29) is 17.3 Å². The van der Waals surface area contributed by atoms with Crippen LogP contribution in [0.25, 0.3) is 0 Å². The first-order chi connectivity index (χ1) is 8.66. The van der Waals surface area contributed by atoms with Crippen LogP contribution in [0.1, 0.15) is 46.4 Å². The van der Waals surface area contributed by atoms with Gasteiger partial charge in [-0.1, -0.05) is 6.42 Å². The van der Waals surface area contributed by atoms with Crippen LogP contribution in [-0.2, 0) is 0 Å². The Hall–Kier alpha value is -1.97. The number of hydrogen-bond donors (Lipinski definition) is 1. The Morgan fingerprint density at radius 1 is 1.33 bits per heavy atom. The third-order valence-corrected chi connectivity index (χ3v) is 3.67. The predicted octanol–water partition coefficient (Wildman–Crippen LogP) is 2.84. The Morgan fingerprint density at radius 2 is 2.17 bits per heavy atom. The van der Waals surface area contributed by atoms with Gasteiger partial charge in [0.25, 0.3) is 0 Å². The molecule has 2 aliphatic rings. The summed E-state index contributed by atoms with van der Waals surface area (Å²) in [5, 5.41) is 8.95. The van der Waals surface area contributed by atoms with Gasteiger partial charge in [-0.3, -0.25) is 9.79 Å².